The molecule has 0 saturated carbocycles. The van der Waals surface area contributed by atoms with E-state index in [1.54, 1.807) is 6.07 Å². The molecule has 0 aromatic carbocycles. The number of pyridine rings is 1. The fraction of sp³-hybridized carbons (Fsp3) is 0.500. The van der Waals surface area contributed by atoms with E-state index in [0.29, 0.717) is 5.15 Å². The third-order valence-electron chi connectivity index (χ3n) is 2.41. The Kier molecular flexibility index (Phi) is 3.01. The van der Waals surface area contributed by atoms with E-state index in [0.717, 1.165) is 31.7 Å². The second-order valence-corrected chi connectivity index (χ2v) is 4.02. The van der Waals surface area contributed by atoms with Gasteiger partial charge >= 0.3 is 0 Å². The molecule has 2 heterocycles. The van der Waals surface area contributed by atoms with Crippen LogP contribution in [0.15, 0.2) is 18.2 Å². The van der Waals surface area contributed by atoms with Crippen LogP contribution < -0.4 is 0 Å². The predicted octanol–water partition coefficient (Wildman–Crippen LogP) is 1.30. The highest BCUT2D eigenvalue weighted by Gasteiger charge is 2.20. The van der Waals surface area contributed by atoms with Crippen molar-refractivity contribution in [1.29, 1.82) is 0 Å². The molecule has 1 fully saturated rings. The number of hydrogen-bond donors (Lipinski definition) is 1. The first-order valence-corrected chi connectivity index (χ1v) is 5.14. The molecule has 1 aromatic rings. The highest BCUT2D eigenvalue weighted by atomic mass is 35.5. The van der Waals surface area contributed by atoms with E-state index < -0.39 is 0 Å². The summed E-state index contributed by atoms with van der Waals surface area (Å²) in [5.74, 6) is 0. The zero-order valence-electron chi connectivity index (χ0n) is 7.86. The molecule has 0 bridgehead atoms. The highest BCUT2D eigenvalue weighted by Crippen LogP contribution is 2.13. The number of aliphatic hydroxyl groups excluding tert-OH is 1. The summed E-state index contributed by atoms with van der Waals surface area (Å²) in [5, 5.41) is 9.87. The monoisotopic (exact) mass is 212 g/mol. The zero-order chi connectivity index (χ0) is 9.97. The second kappa shape index (κ2) is 4.26. The number of β-amino-alcohol motifs (C(OH)–C–C–N with tert-alkyl or cyclic N) is 1. The van der Waals surface area contributed by atoms with Gasteiger partial charge in [0.2, 0.25) is 0 Å². The van der Waals surface area contributed by atoms with E-state index in [1.807, 2.05) is 12.1 Å². The normalized spacial score (nSPS) is 22.9. The lowest BCUT2D eigenvalue weighted by Crippen LogP contribution is -2.21. The van der Waals surface area contributed by atoms with Crippen molar-refractivity contribution in [1.82, 2.24) is 9.88 Å². The largest absolute Gasteiger partial charge is 0.392 e. The van der Waals surface area contributed by atoms with Gasteiger partial charge in [0.25, 0.3) is 0 Å². The molecule has 3 nitrogen and oxygen atoms in total. The average molecular weight is 213 g/mol. The summed E-state index contributed by atoms with van der Waals surface area (Å²) >= 11 is 5.78. The van der Waals surface area contributed by atoms with Gasteiger partial charge in [-0.1, -0.05) is 17.7 Å². The SMILES string of the molecule is OC1CCN(Cc2cccc(Cl)n2)C1. The van der Waals surface area contributed by atoms with Crippen molar-refractivity contribution in [3.8, 4) is 0 Å². The maximum absolute atomic E-state index is 9.34. The van der Waals surface area contributed by atoms with Gasteiger partial charge in [-0.25, -0.2) is 4.98 Å². The Bertz CT molecular complexity index is 319. The Labute approximate surface area is 88.3 Å². The number of aliphatic hydroxyl groups is 1. The third-order valence-corrected chi connectivity index (χ3v) is 2.62. The predicted molar refractivity (Wildman–Crippen MR) is 55.1 cm³/mol. The molecule has 0 radical (unpaired) electrons. The Balaban J connectivity index is 1.97. The zero-order valence-corrected chi connectivity index (χ0v) is 8.61. The smallest absolute Gasteiger partial charge is 0.129 e. The Hall–Kier alpha value is -0.640. The Morgan fingerprint density at radius 3 is 3.07 bits per heavy atom. The molecule has 0 aliphatic carbocycles. The van der Waals surface area contributed by atoms with Crippen molar-refractivity contribution in [2.75, 3.05) is 13.1 Å². The van der Waals surface area contributed by atoms with Crippen molar-refractivity contribution >= 4 is 11.6 Å². The van der Waals surface area contributed by atoms with Crippen LogP contribution in [-0.4, -0.2) is 34.2 Å². The van der Waals surface area contributed by atoms with Gasteiger partial charge in [0, 0.05) is 19.6 Å². The molecule has 1 N–H and O–H groups in total. The van der Waals surface area contributed by atoms with Crippen LogP contribution in [0, 0.1) is 0 Å². The van der Waals surface area contributed by atoms with Gasteiger partial charge in [0.05, 0.1) is 11.8 Å². The number of halogens is 1. The fourth-order valence-corrected chi connectivity index (χ4v) is 1.90. The highest BCUT2D eigenvalue weighted by molar-refractivity contribution is 6.29. The van der Waals surface area contributed by atoms with Crippen LogP contribution in [0.2, 0.25) is 5.15 Å². The van der Waals surface area contributed by atoms with Gasteiger partial charge in [0.1, 0.15) is 5.15 Å². The Morgan fingerprint density at radius 1 is 1.57 bits per heavy atom. The van der Waals surface area contributed by atoms with Crippen molar-refractivity contribution < 1.29 is 5.11 Å². The van der Waals surface area contributed by atoms with E-state index in [4.69, 9.17) is 11.6 Å². The molecule has 76 valence electrons. The molecule has 4 heteroatoms. The molecular weight excluding hydrogens is 200 g/mol. The van der Waals surface area contributed by atoms with Gasteiger partial charge in [-0.15, -0.1) is 0 Å². The third kappa shape index (κ3) is 2.44. The summed E-state index contributed by atoms with van der Waals surface area (Å²) in [6.45, 7) is 2.46. The van der Waals surface area contributed by atoms with Crippen LogP contribution in [0.25, 0.3) is 0 Å². The topological polar surface area (TPSA) is 36.4 Å². The van der Waals surface area contributed by atoms with E-state index in [1.165, 1.54) is 0 Å². The van der Waals surface area contributed by atoms with Gasteiger partial charge in [-0.05, 0) is 18.6 Å². The molecule has 0 amide bonds. The summed E-state index contributed by atoms with van der Waals surface area (Å²) in [4.78, 5) is 6.39. The Morgan fingerprint density at radius 2 is 2.43 bits per heavy atom. The summed E-state index contributed by atoms with van der Waals surface area (Å²) < 4.78 is 0. The molecule has 1 saturated heterocycles. The molecule has 0 spiro atoms. The maximum Gasteiger partial charge on any atom is 0.129 e. The van der Waals surface area contributed by atoms with Crippen LogP contribution in [0.4, 0.5) is 0 Å². The van der Waals surface area contributed by atoms with Gasteiger partial charge in [-0.2, -0.15) is 0 Å². The summed E-state index contributed by atoms with van der Waals surface area (Å²) in [6.07, 6.45) is 0.690. The van der Waals surface area contributed by atoms with E-state index >= 15 is 0 Å². The fourth-order valence-electron chi connectivity index (χ4n) is 1.72. The second-order valence-electron chi connectivity index (χ2n) is 3.63. The first-order chi connectivity index (χ1) is 6.74. The van der Waals surface area contributed by atoms with Crippen molar-refractivity contribution in [2.24, 2.45) is 0 Å². The summed E-state index contributed by atoms with van der Waals surface area (Å²) in [5.41, 5.74) is 0.964. The number of nitrogens with zero attached hydrogens (tertiary/aromatic N) is 2. The van der Waals surface area contributed by atoms with Gasteiger partial charge < -0.3 is 5.11 Å². The van der Waals surface area contributed by atoms with E-state index in [9.17, 15) is 5.11 Å². The minimum atomic E-state index is -0.172. The van der Waals surface area contributed by atoms with E-state index in [-0.39, 0.29) is 6.10 Å². The van der Waals surface area contributed by atoms with Crippen LogP contribution in [0.5, 0.6) is 0 Å². The molecule has 1 aliphatic heterocycles. The molecule has 1 atom stereocenters. The molecular formula is C10H13ClN2O. The maximum atomic E-state index is 9.34. The van der Waals surface area contributed by atoms with Crippen LogP contribution >= 0.6 is 11.6 Å². The van der Waals surface area contributed by atoms with Crippen molar-refractivity contribution in [2.45, 2.75) is 19.1 Å². The first kappa shape index (κ1) is 9.90. The minimum absolute atomic E-state index is 0.172. The molecule has 14 heavy (non-hydrogen) atoms. The lowest BCUT2D eigenvalue weighted by Gasteiger charge is -2.13. The number of rotatable bonds is 2. The van der Waals surface area contributed by atoms with Crippen LogP contribution in [-0.2, 0) is 6.54 Å². The molecule has 1 aromatic heterocycles. The van der Waals surface area contributed by atoms with Gasteiger partial charge in [-0.3, -0.25) is 4.90 Å². The standard InChI is InChI=1S/C10H13ClN2O/c11-10-3-1-2-8(12-10)6-13-5-4-9(14)7-13/h1-3,9,14H,4-7H2. The summed E-state index contributed by atoms with van der Waals surface area (Å²) in [7, 11) is 0. The number of likely N-dealkylation sites (tertiary alicyclic amines) is 1. The van der Waals surface area contributed by atoms with E-state index in [2.05, 4.69) is 9.88 Å². The minimum Gasteiger partial charge on any atom is -0.392 e. The summed E-state index contributed by atoms with van der Waals surface area (Å²) in [6, 6.07) is 5.62. The van der Waals surface area contributed by atoms with Crippen LogP contribution in [0.3, 0.4) is 0 Å². The van der Waals surface area contributed by atoms with Crippen molar-refractivity contribution in [3.05, 3.63) is 29.0 Å². The number of hydrogen-bond acceptors (Lipinski definition) is 3. The molecule has 1 aliphatic rings. The molecule has 1 unspecified atom stereocenters. The van der Waals surface area contributed by atoms with Crippen molar-refractivity contribution in [3.63, 3.8) is 0 Å². The molecule has 2 rings (SSSR count). The van der Waals surface area contributed by atoms with Crippen LogP contribution in [0.1, 0.15) is 12.1 Å². The van der Waals surface area contributed by atoms with Gasteiger partial charge in [0.15, 0.2) is 0 Å². The average Bonchev–Trinajstić information content (AvgIpc) is 2.51. The number of aromatic nitrogens is 1. The quantitative estimate of drug-likeness (QED) is 0.751. The first-order valence-electron chi connectivity index (χ1n) is 4.76. The lowest BCUT2D eigenvalue weighted by atomic mass is 10.3. The lowest BCUT2D eigenvalue weighted by molar-refractivity contribution is 0.174.